The van der Waals surface area contributed by atoms with E-state index in [9.17, 15) is 4.79 Å². The fraction of sp³-hybridized carbons (Fsp3) is 0.538. The quantitative estimate of drug-likeness (QED) is 0.414. The van der Waals surface area contributed by atoms with Gasteiger partial charge in [0.2, 0.25) is 0 Å². The van der Waals surface area contributed by atoms with Gasteiger partial charge in [0.1, 0.15) is 11.5 Å². The minimum absolute atomic E-state index is 0.170. The van der Waals surface area contributed by atoms with Gasteiger partial charge in [0, 0.05) is 12.0 Å². The van der Waals surface area contributed by atoms with Crippen LogP contribution in [0.2, 0.25) is 0 Å². The lowest BCUT2D eigenvalue weighted by Crippen LogP contribution is -2.23. The molecule has 0 bridgehead atoms. The molecule has 2 aliphatic carbocycles. The Balaban J connectivity index is 1.96. The van der Waals surface area contributed by atoms with E-state index in [-0.39, 0.29) is 5.97 Å². The van der Waals surface area contributed by atoms with Gasteiger partial charge in [-0.2, -0.15) is 0 Å². The lowest BCUT2D eigenvalue weighted by Gasteiger charge is -2.24. The van der Waals surface area contributed by atoms with Gasteiger partial charge < -0.3 is 9.47 Å². The van der Waals surface area contributed by atoms with Crippen molar-refractivity contribution in [2.75, 3.05) is 7.11 Å². The molecule has 29 heavy (non-hydrogen) atoms. The van der Waals surface area contributed by atoms with Gasteiger partial charge in [-0.05, 0) is 81.7 Å². The fourth-order valence-electron chi connectivity index (χ4n) is 3.99. The van der Waals surface area contributed by atoms with Crippen LogP contribution in [-0.4, -0.2) is 13.1 Å². The molecule has 0 aromatic heterocycles. The summed E-state index contributed by atoms with van der Waals surface area (Å²) in [4.78, 5) is 12.3. The maximum atomic E-state index is 12.3. The summed E-state index contributed by atoms with van der Waals surface area (Å²) in [7, 11) is 1.70. The van der Waals surface area contributed by atoms with E-state index in [1.807, 2.05) is 39.0 Å². The number of hydrogen-bond donors (Lipinski definition) is 0. The number of esters is 1. The Labute approximate surface area is 175 Å². The molecule has 0 heterocycles. The molecule has 0 radical (unpaired) electrons. The molecule has 156 valence electrons. The first-order valence-corrected chi connectivity index (χ1v) is 10.9. The van der Waals surface area contributed by atoms with Gasteiger partial charge in [0.15, 0.2) is 0 Å². The summed E-state index contributed by atoms with van der Waals surface area (Å²) in [6.07, 6.45) is 11.2. The Morgan fingerprint density at radius 1 is 1.00 bits per heavy atom. The third-order valence-electron chi connectivity index (χ3n) is 5.75. The molecule has 0 amide bonds. The lowest BCUT2D eigenvalue weighted by atomic mass is 9.80. The predicted molar refractivity (Wildman–Crippen MR) is 117 cm³/mol. The molecule has 2 aliphatic rings. The van der Waals surface area contributed by atoms with Crippen molar-refractivity contribution in [1.82, 2.24) is 0 Å². The molecule has 3 nitrogen and oxygen atoms in total. The first kappa shape index (κ1) is 21.5. The van der Waals surface area contributed by atoms with E-state index < -0.39 is 5.41 Å². The summed E-state index contributed by atoms with van der Waals surface area (Å²) in [5.74, 6) is 2.02. The van der Waals surface area contributed by atoms with Gasteiger partial charge in [0.05, 0.1) is 12.5 Å². The van der Waals surface area contributed by atoms with E-state index in [4.69, 9.17) is 9.47 Å². The number of methoxy groups -OCH3 is 1. The smallest absolute Gasteiger partial charge is 0.316 e. The maximum Gasteiger partial charge on any atom is 0.316 e. The molecule has 1 fully saturated rings. The van der Waals surface area contributed by atoms with Crippen LogP contribution >= 0.6 is 0 Å². The van der Waals surface area contributed by atoms with Crippen molar-refractivity contribution >= 4 is 11.5 Å². The van der Waals surface area contributed by atoms with Crippen LogP contribution in [0.3, 0.4) is 0 Å². The van der Waals surface area contributed by atoms with E-state index in [0.29, 0.717) is 5.92 Å². The minimum atomic E-state index is -0.492. The minimum Gasteiger partial charge on any atom is -0.497 e. The van der Waals surface area contributed by atoms with Crippen LogP contribution in [0, 0.1) is 11.3 Å². The summed E-state index contributed by atoms with van der Waals surface area (Å²) < 4.78 is 11.0. The van der Waals surface area contributed by atoms with Crippen molar-refractivity contribution in [1.29, 1.82) is 0 Å². The molecule has 0 atom stereocenters. The van der Waals surface area contributed by atoms with Crippen molar-refractivity contribution in [3.63, 3.8) is 0 Å². The second-order valence-electron chi connectivity index (χ2n) is 9.23. The van der Waals surface area contributed by atoms with E-state index in [1.165, 1.54) is 43.2 Å². The van der Waals surface area contributed by atoms with E-state index in [0.717, 1.165) is 36.3 Å². The summed E-state index contributed by atoms with van der Waals surface area (Å²) in [5, 5.41) is 0. The first-order valence-electron chi connectivity index (χ1n) is 10.9. The van der Waals surface area contributed by atoms with Gasteiger partial charge in [-0.1, -0.05) is 31.4 Å². The zero-order valence-electron chi connectivity index (χ0n) is 18.3. The standard InChI is InChI=1S/C26H34O3/c1-26(2,3)25(27)29-23-12-8-9-19(17-23)18-24(20-10-6-5-7-11-20)21-13-15-22(28-4)16-14-21/h13-17,20H,5-12H2,1-4H3. The summed E-state index contributed by atoms with van der Waals surface area (Å²) >= 11 is 0. The zero-order chi connectivity index (χ0) is 20.9. The van der Waals surface area contributed by atoms with Gasteiger partial charge in [-0.3, -0.25) is 4.79 Å². The molecule has 1 aromatic rings. The molecular weight excluding hydrogens is 360 g/mol. The fourth-order valence-corrected chi connectivity index (χ4v) is 3.99. The van der Waals surface area contributed by atoms with Crippen molar-refractivity contribution in [3.8, 4) is 5.75 Å². The molecule has 3 rings (SSSR count). The highest BCUT2D eigenvalue weighted by atomic mass is 16.5. The number of hydrogen-bond acceptors (Lipinski definition) is 3. The van der Waals surface area contributed by atoms with E-state index in [2.05, 4.69) is 17.9 Å². The Hall–Kier alpha value is -2.25. The SMILES string of the molecule is COc1ccc(C(=C=C2C=C(OC(=O)C(C)(C)C)CCC2)C2CCCCC2)cc1. The largest absolute Gasteiger partial charge is 0.497 e. The van der Waals surface area contributed by atoms with Crippen molar-refractivity contribution in [2.24, 2.45) is 11.3 Å². The molecule has 0 aliphatic heterocycles. The Kier molecular flexibility index (Phi) is 7.03. The average Bonchev–Trinajstić information content (AvgIpc) is 2.72. The summed E-state index contributed by atoms with van der Waals surface area (Å²) in [6.45, 7) is 5.67. The predicted octanol–water partition coefficient (Wildman–Crippen LogP) is 6.84. The first-order chi connectivity index (χ1) is 13.9. The van der Waals surface area contributed by atoms with Gasteiger partial charge >= 0.3 is 5.97 Å². The number of allylic oxidation sites excluding steroid dienone is 3. The average molecular weight is 395 g/mol. The summed E-state index contributed by atoms with van der Waals surface area (Å²) in [5.41, 5.74) is 6.91. The normalized spacial score (nSPS) is 17.9. The van der Waals surface area contributed by atoms with Crippen LogP contribution < -0.4 is 4.74 Å². The zero-order valence-corrected chi connectivity index (χ0v) is 18.3. The highest BCUT2D eigenvalue weighted by Gasteiger charge is 2.25. The molecule has 0 saturated heterocycles. The van der Waals surface area contributed by atoms with E-state index >= 15 is 0 Å². The molecule has 0 N–H and O–H groups in total. The molecule has 3 heteroatoms. The van der Waals surface area contributed by atoms with Crippen LogP contribution in [-0.2, 0) is 9.53 Å². The Morgan fingerprint density at radius 3 is 2.31 bits per heavy atom. The topological polar surface area (TPSA) is 35.5 Å². The van der Waals surface area contributed by atoms with Gasteiger partial charge in [-0.25, -0.2) is 0 Å². The second kappa shape index (κ2) is 9.50. The van der Waals surface area contributed by atoms with Crippen molar-refractivity contribution in [3.05, 3.63) is 53.0 Å². The van der Waals surface area contributed by atoms with Crippen LogP contribution in [0.5, 0.6) is 5.75 Å². The molecule has 1 aromatic carbocycles. The highest BCUT2D eigenvalue weighted by Crippen LogP contribution is 2.36. The molecular formula is C26H34O3. The maximum absolute atomic E-state index is 12.3. The van der Waals surface area contributed by atoms with Crippen LogP contribution in [0.4, 0.5) is 0 Å². The second-order valence-corrected chi connectivity index (χ2v) is 9.23. The Morgan fingerprint density at radius 2 is 1.69 bits per heavy atom. The number of benzene rings is 1. The van der Waals surface area contributed by atoms with Gasteiger partial charge in [0.25, 0.3) is 0 Å². The molecule has 1 saturated carbocycles. The number of carbonyl (C=O) groups is 1. The molecule has 0 spiro atoms. The highest BCUT2D eigenvalue weighted by molar-refractivity contribution is 5.76. The third-order valence-corrected chi connectivity index (χ3v) is 5.75. The lowest BCUT2D eigenvalue weighted by molar-refractivity contribution is -0.148. The number of rotatable bonds is 4. The van der Waals surface area contributed by atoms with Crippen LogP contribution in [0.25, 0.3) is 5.57 Å². The Bertz CT molecular complexity index is 809. The number of carbonyl (C=O) groups excluding carboxylic acids is 1. The third kappa shape index (κ3) is 5.87. The van der Waals surface area contributed by atoms with Gasteiger partial charge in [-0.15, -0.1) is 5.73 Å². The molecule has 0 unspecified atom stereocenters. The van der Waals surface area contributed by atoms with Crippen LogP contribution in [0.1, 0.15) is 77.7 Å². The van der Waals surface area contributed by atoms with E-state index in [1.54, 1.807) is 7.11 Å². The number of ether oxygens (including phenoxy) is 2. The van der Waals surface area contributed by atoms with Crippen molar-refractivity contribution < 1.29 is 14.3 Å². The summed E-state index contributed by atoms with van der Waals surface area (Å²) in [6, 6.07) is 8.34. The monoisotopic (exact) mass is 394 g/mol. The van der Waals surface area contributed by atoms with Crippen molar-refractivity contribution in [2.45, 2.75) is 72.1 Å². The van der Waals surface area contributed by atoms with Crippen LogP contribution in [0.15, 0.2) is 47.4 Å².